The first kappa shape index (κ1) is 23.1. The molecule has 5 rings (SSSR count). The van der Waals surface area contributed by atoms with Gasteiger partial charge >= 0.3 is 0 Å². The standard InChI is InChI=1S/C25H20Cl2N6O2/c1-16-8-20(27)11-30-23(16)32-13-22(34)33(12-17-2-5-19(26)6-3-17)25(24(32)35)14-31(15-25)21-7-4-18(9-28)10-29-21/h2-8,10-11H,12-15H2,1H3. The number of piperazine rings is 1. The van der Waals surface area contributed by atoms with Crippen molar-refractivity contribution in [2.24, 2.45) is 0 Å². The van der Waals surface area contributed by atoms with Gasteiger partial charge in [-0.2, -0.15) is 5.26 Å². The van der Waals surface area contributed by atoms with Crippen LogP contribution in [0.4, 0.5) is 11.6 Å². The SMILES string of the molecule is Cc1cc(Cl)cnc1N1CC(=O)N(Cc2ccc(Cl)cc2)C2(CN(c3ccc(C#N)cn3)C2)C1=O. The van der Waals surface area contributed by atoms with E-state index in [0.29, 0.717) is 32.8 Å². The van der Waals surface area contributed by atoms with Crippen molar-refractivity contribution in [2.75, 3.05) is 29.4 Å². The molecular formula is C25H20Cl2N6O2. The number of amides is 2. The summed E-state index contributed by atoms with van der Waals surface area (Å²) in [4.78, 5) is 41.2. The van der Waals surface area contributed by atoms with Crippen molar-refractivity contribution in [3.05, 3.63) is 81.6 Å². The van der Waals surface area contributed by atoms with Crippen molar-refractivity contribution in [1.82, 2.24) is 14.9 Å². The second-order valence-corrected chi connectivity index (χ2v) is 9.57. The summed E-state index contributed by atoms with van der Waals surface area (Å²) < 4.78 is 0. The van der Waals surface area contributed by atoms with Crippen molar-refractivity contribution in [1.29, 1.82) is 5.26 Å². The summed E-state index contributed by atoms with van der Waals surface area (Å²) in [5.74, 6) is 0.685. The van der Waals surface area contributed by atoms with Crippen LogP contribution < -0.4 is 9.80 Å². The number of nitrogens with zero attached hydrogens (tertiary/aromatic N) is 6. The predicted octanol–water partition coefficient (Wildman–Crippen LogP) is 3.60. The third-order valence-corrected chi connectivity index (χ3v) is 6.85. The van der Waals surface area contributed by atoms with Crippen LogP contribution >= 0.6 is 23.2 Å². The number of aromatic nitrogens is 2. The Morgan fingerprint density at radius 2 is 1.77 bits per heavy atom. The van der Waals surface area contributed by atoms with Gasteiger partial charge in [-0.15, -0.1) is 0 Å². The maximum atomic E-state index is 14.0. The molecular weight excluding hydrogens is 487 g/mol. The van der Waals surface area contributed by atoms with Crippen LogP contribution in [0.15, 0.2) is 54.9 Å². The molecule has 35 heavy (non-hydrogen) atoms. The van der Waals surface area contributed by atoms with Gasteiger partial charge < -0.3 is 9.80 Å². The molecule has 4 heterocycles. The van der Waals surface area contributed by atoms with E-state index < -0.39 is 5.54 Å². The molecule has 0 aliphatic carbocycles. The van der Waals surface area contributed by atoms with Gasteiger partial charge in [0.1, 0.15) is 24.2 Å². The van der Waals surface area contributed by atoms with Crippen LogP contribution in [0.5, 0.6) is 0 Å². The zero-order chi connectivity index (χ0) is 24.7. The number of rotatable bonds is 4. The largest absolute Gasteiger partial charge is 0.351 e. The number of hydrogen-bond acceptors (Lipinski definition) is 6. The van der Waals surface area contributed by atoms with Gasteiger partial charge in [-0.3, -0.25) is 14.5 Å². The molecule has 2 aliphatic rings. The van der Waals surface area contributed by atoms with Crippen LogP contribution in [0, 0.1) is 18.3 Å². The van der Waals surface area contributed by atoms with Crippen LogP contribution in [-0.2, 0) is 16.1 Å². The van der Waals surface area contributed by atoms with Crippen molar-refractivity contribution >= 4 is 46.7 Å². The first-order chi connectivity index (χ1) is 16.8. The highest BCUT2D eigenvalue weighted by molar-refractivity contribution is 6.30. The maximum absolute atomic E-state index is 14.0. The van der Waals surface area contributed by atoms with E-state index in [1.165, 1.54) is 17.3 Å². The Hall–Kier alpha value is -3.67. The number of nitriles is 1. The smallest absolute Gasteiger partial charge is 0.258 e. The van der Waals surface area contributed by atoms with E-state index >= 15 is 0 Å². The molecule has 3 aromatic rings. The highest BCUT2D eigenvalue weighted by Crippen LogP contribution is 2.39. The Labute approximate surface area is 212 Å². The fraction of sp³-hybridized carbons (Fsp3) is 0.240. The van der Waals surface area contributed by atoms with Gasteiger partial charge in [0.25, 0.3) is 5.91 Å². The molecule has 1 spiro atoms. The van der Waals surface area contributed by atoms with Gasteiger partial charge in [0.05, 0.1) is 23.7 Å². The zero-order valence-electron chi connectivity index (χ0n) is 18.8. The van der Waals surface area contributed by atoms with Crippen molar-refractivity contribution in [3.63, 3.8) is 0 Å². The molecule has 0 N–H and O–H groups in total. The number of benzene rings is 1. The van der Waals surface area contributed by atoms with Crippen LogP contribution in [0.25, 0.3) is 0 Å². The number of aryl methyl sites for hydroxylation is 1. The zero-order valence-corrected chi connectivity index (χ0v) is 20.3. The highest BCUT2D eigenvalue weighted by Gasteiger charge is 2.60. The molecule has 0 radical (unpaired) electrons. The molecule has 0 saturated carbocycles. The van der Waals surface area contributed by atoms with Gasteiger partial charge in [0.2, 0.25) is 5.91 Å². The first-order valence-corrected chi connectivity index (χ1v) is 11.7. The summed E-state index contributed by atoms with van der Waals surface area (Å²) in [7, 11) is 0. The quantitative estimate of drug-likeness (QED) is 0.536. The lowest BCUT2D eigenvalue weighted by Gasteiger charge is -2.58. The van der Waals surface area contributed by atoms with E-state index in [-0.39, 0.29) is 38.0 Å². The fourth-order valence-electron chi connectivity index (χ4n) is 4.59. The van der Waals surface area contributed by atoms with E-state index in [0.717, 1.165) is 5.56 Å². The third kappa shape index (κ3) is 4.07. The van der Waals surface area contributed by atoms with Gasteiger partial charge in [-0.1, -0.05) is 35.3 Å². The van der Waals surface area contributed by atoms with Gasteiger partial charge in [-0.05, 0) is 48.4 Å². The molecule has 10 heteroatoms. The van der Waals surface area contributed by atoms with Gasteiger partial charge in [-0.25, -0.2) is 9.97 Å². The molecule has 176 valence electrons. The summed E-state index contributed by atoms with van der Waals surface area (Å²) >= 11 is 12.1. The minimum absolute atomic E-state index is 0.112. The fourth-order valence-corrected chi connectivity index (χ4v) is 4.93. The van der Waals surface area contributed by atoms with E-state index in [1.807, 2.05) is 30.0 Å². The molecule has 0 atom stereocenters. The number of hydrogen-bond donors (Lipinski definition) is 0. The molecule has 0 bridgehead atoms. The van der Waals surface area contributed by atoms with Crippen molar-refractivity contribution in [2.45, 2.75) is 19.0 Å². The second kappa shape index (κ2) is 8.84. The summed E-state index contributed by atoms with van der Waals surface area (Å²) in [6, 6.07) is 14.4. The van der Waals surface area contributed by atoms with Crippen molar-refractivity contribution in [3.8, 4) is 6.07 Å². The van der Waals surface area contributed by atoms with Crippen LogP contribution in [0.2, 0.25) is 10.0 Å². The Kier molecular flexibility index (Phi) is 5.83. The number of carbonyl (C=O) groups excluding carboxylic acids is 2. The number of halogens is 2. The molecule has 2 aliphatic heterocycles. The third-order valence-electron chi connectivity index (χ3n) is 6.39. The van der Waals surface area contributed by atoms with Crippen LogP contribution in [0.3, 0.4) is 0 Å². The van der Waals surface area contributed by atoms with E-state index in [4.69, 9.17) is 28.5 Å². The van der Waals surface area contributed by atoms with Gasteiger partial charge in [0, 0.05) is 24.0 Å². The Balaban J connectivity index is 1.49. The van der Waals surface area contributed by atoms with Crippen molar-refractivity contribution < 1.29 is 9.59 Å². The average molecular weight is 507 g/mol. The van der Waals surface area contributed by atoms with E-state index in [1.54, 1.807) is 35.2 Å². The topological polar surface area (TPSA) is 93.4 Å². The Bertz CT molecular complexity index is 1350. The van der Waals surface area contributed by atoms with E-state index in [9.17, 15) is 9.59 Å². The lowest BCUT2D eigenvalue weighted by molar-refractivity contribution is -0.153. The minimum atomic E-state index is -1.09. The maximum Gasteiger partial charge on any atom is 0.258 e. The molecule has 2 aromatic heterocycles. The number of carbonyl (C=O) groups is 2. The summed E-state index contributed by atoms with van der Waals surface area (Å²) in [5.41, 5.74) is 0.954. The van der Waals surface area contributed by atoms with Crippen LogP contribution in [-0.4, -0.2) is 51.9 Å². The number of anilines is 2. The summed E-state index contributed by atoms with van der Waals surface area (Å²) in [5, 5.41) is 10.1. The summed E-state index contributed by atoms with van der Waals surface area (Å²) in [6.07, 6.45) is 2.97. The normalized spacial score (nSPS) is 16.9. The molecule has 2 fully saturated rings. The minimum Gasteiger partial charge on any atom is -0.351 e. The van der Waals surface area contributed by atoms with E-state index in [2.05, 4.69) is 9.97 Å². The molecule has 2 amide bonds. The highest BCUT2D eigenvalue weighted by atomic mass is 35.5. The van der Waals surface area contributed by atoms with Crippen LogP contribution in [0.1, 0.15) is 16.7 Å². The predicted molar refractivity (Wildman–Crippen MR) is 132 cm³/mol. The number of pyridine rings is 2. The lowest BCUT2D eigenvalue weighted by atomic mass is 9.83. The second-order valence-electron chi connectivity index (χ2n) is 8.70. The summed E-state index contributed by atoms with van der Waals surface area (Å²) in [6.45, 7) is 2.52. The Morgan fingerprint density at radius 1 is 1.03 bits per heavy atom. The molecule has 2 saturated heterocycles. The molecule has 0 unspecified atom stereocenters. The Morgan fingerprint density at radius 3 is 2.40 bits per heavy atom. The first-order valence-electron chi connectivity index (χ1n) is 10.9. The molecule has 8 nitrogen and oxygen atoms in total. The average Bonchev–Trinajstić information content (AvgIpc) is 2.82. The van der Waals surface area contributed by atoms with Gasteiger partial charge in [0.15, 0.2) is 5.54 Å². The molecule has 1 aromatic carbocycles. The monoisotopic (exact) mass is 506 g/mol. The lowest BCUT2D eigenvalue weighted by Crippen LogP contribution is -2.81.